The fraction of sp³-hybridized carbons (Fsp3) is 0.125. The van der Waals surface area contributed by atoms with E-state index in [1.54, 1.807) is 23.9 Å². The van der Waals surface area contributed by atoms with Crippen molar-refractivity contribution in [1.82, 2.24) is 0 Å². The number of carbonyl (C=O) groups excluding carboxylic acids is 1. The molecule has 0 spiro atoms. The first-order chi connectivity index (χ1) is 10.6. The summed E-state index contributed by atoms with van der Waals surface area (Å²) in [7, 11) is 0. The maximum atomic E-state index is 12.3. The van der Waals surface area contributed by atoms with Gasteiger partial charge in [0.15, 0.2) is 5.78 Å². The Morgan fingerprint density at radius 2 is 1.73 bits per heavy atom. The topological polar surface area (TPSA) is 55.5 Å². The molecule has 6 heteroatoms. The lowest BCUT2D eigenvalue weighted by atomic mass is 10.1. The molecule has 0 saturated heterocycles. The number of rotatable bonds is 6. The van der Waals surface area contributed by atoms with Gasteiger partial charge in [0, 0.05) is 14.8 Å². The van der Waals surface area contributed by atoms with Crippen LogP contribution in [0.25, 0.3) is 0 Å². The molecular formula is C16H15ClN2OS2. The van der Waals surface area contributed by atoms with E-state index in [-0.39, 0.29) is 11.0 Å². The molecule has 1 atom stereocenters. The predicted molar refractivity (Wildman–Crippen MR) is 96.0 cm³/mol. The third-order valence-electron chi connectivity index (χ3n) is 2.95. The standard InChI is InChI=1S/C16H15ClN2OS2/c1-21-13-6-2-11(3-7-13)16(15(20)10-19-18)22-14-8-4-12(17)5-9-14/h2-10,16H,18H2,1H3. The van der Waals surface area contributed by atoms with Crippen LogP contribution in [0.5, 0.6) is 0 Å². The van der Waals surface area contributed by atoms with Gasteiger partial charge in [-0.05, 0) is 48.2 Å². The lowest BCUT2D eigenvalue weighted by molar-refractivity contribution is -0.112. The van der Waals surface area contributed by atoms with Gasteiger partial charge in [-0.1, -0.05) is 23.7 Å². The summed E-state index contributed by atoms with van der Waals surface area (Å²) in [6, 6.07) is 15.3. The first-order valence-electron chi connectivity index (χ1n) is 6.47. The minimum absolute atomic E-state index is 0.139. The average Bonchev–Trinajstić information content (AvgIpc) is 2.54. The Bertz CT molecular complexity index is 657. The molecule has 0 heterocycles. The van der Waals surface area contributed by atoms with Gasteiger partial charge in [-0.2, -0.15) is 5.10 Å². The van der Waals surface area contributed by atoms with Gasteiger partial charge in [0.05, 0.1) is 11.5 Å². The van der Waals surface area contributed by atoms with Crippen molar-refractivity contribution in [3.05, 3.63) is 59.1 Å². The van der Waals surface area contributed by atoms with Gasteiger partial charge in [-0.25, -0.2) is 0 Å². The van der Waals surface area contributed by atoms with Crippen LogP contribution in [0.15, 0.2) is 63.4 Å². The zero-order chi connectivity index (χ0) is 15.9. The minimum atomic E-state index is -0.385. The fourth-order valence-corrected chi connectivity index (χ4v) is 3.43. The number of thioether (sulfide) groups is 2. The molecule has 2 aromatic carbocycles. The lowest BCUT2D eigenvalue weighted by Crippen LogP contribution is -2.11. The van der Waals surface area contributed by atoms with E-state index in [1.807, 2.05) is 42.7 Å². The van der Waals surface area contributed by atoms with Crippen LogP contribution < -0.4 is 5.84 Å². The maximum Gasteiger partial charge on any atom is 0.193 e. The smallest absolute Gasteiger partial charge is 0.193 e. The third-order valence-corrected chi connectivity index (χ3v) is 5.23. The Kier molecular flexibility index (Phi) is 6.36. The van der Waals surface area contributed by atoms with Gasteiger partial charge in [-0.15, -0.1) is 23.5 Å². The molecular weight excluding hydrogens is 336 g/mol. The summed E-state index contributed by atoms with van der Waals surface area (Å²) in [5.41, 5.74) is 0.919. The van der Waals surface area contributed by atoms with E-state index >= 15 is 0 Å². The number of carbonyl (C=O) groups is 1. The molecule has 0 radical (unpaired) electrons. The summed E-state index contributed by atoms with van der Waals surface area (Å²) >= 11 is 9.01. The summed E-state index contributed by atoms with van der Waals surface area (Å²) < 4.78 is 0. The number of hydrogen-bond acceptors (Lipinski definition) is 5. The predicted octanol–water partition coefficient (Wildman–Crippen LogP) is 4.41. The van der Waals surface area contributed by atoms with Crippen molar-refractivity contribution in [2.45, 2.75) is 15.0 Å². The molecule has 0 aliphatic heterocycles. The first-order valence-corrected chi connectivity index (χ1v) is 8.95. The van der Waals surface area contributed by atoms with Crippen molar-refractivity contribution >= 4 is 47.1 Å². The summed E-state index contributed by atoms with van der Waals surface area (Å²) in [5, 5.41) is 3.64. The van der Waals surface area contributed by atoms with Crippen LogP contribution in [0.3, 0.4) is 0 Å². The zero-order valence-electron chi connectivity index (χ0n) is 11.9. The van der Waals surface area contributed by atoms with Crippen molar-refractivity contribution in [2.75, 3.05) is 6.26 Å². The number of halogens is 1. The second kappa shape index (κ2) is 8.27. The van der Waals surface area contributed by atoms with E-state index in [1.165, 1.54) is 11.8 Å². The number of nitrogens with two attached hydrogens (primary N) is 1. The molecule has 22 heavy (non-hydrogen) atoms. The Morgan fingerprint density at radius 3 is 2.27 bits per heavy atom. The van der Waals surface area contributed by atoms with Crippen molar-refractivity contribution in [1.29, 1.82) is 0 Å². The van der Waals surface area contributed by atoms with E-state index in [4.69, 9.17) is 17.4 Å². The van der Waals surface area contributed by atoms with Gasteiger partial charge < -0.3 is 5.84 Å². The van der Waals surface area contributed by atoms with Gasteiger partial charge in [0.1, 0.15) is 0 Å². The highest BCUT2D eigenvalue weighted by Gasteiger charge is 2.20. The minimum Gasteiger partial charge on any atom is -0.323 e. The quantitative estimate of drug-likeness (QED) is 0.363. The van der Waals surface area contributed by atoms with E-state index in [0.717, 1.165) is 21.6 Å². The highest BCUT2D eigenvalue weighted by Crippen LogP contribution is 2.36. The highest BCUT2D eigenvalue weighted by atomic mass is 35.5. The van der Waals surface area contributed by atoms with Gasteiger partial charge in [0.2, 0.25) is 0 Å². The summed E-state index contributed by atoms with van der Waals surface area (Å²) in [6.45, 7) is 0. The fourth-order valence-electron chi connectivity index (χ4n) is 1.86. The molecule has 0 bridgehead atoms. The molecule has 2 N–H and O–H groups in total. The Hall–Kier alpha value is -1.43. The van der Waals surface area contributed by atoms with Gasteiger partial charge in [0.25, 0.3) is 0 Å². The van der Waals surface area contributed by atoms with Crippen molar-refractivity contribution in [3.63, 3.8) is 0 Å². The molecule has 2 aromatic rings. The summed E-state index contributed by atoms with van der Waals surface area (Å²) in [6.07, 6.45) is 3.18. The molecule has 114 valence electrons. The molecule has 2 rings (SSSR count). The van der Waals surface area contributed by atoms with Crippen LogP contribution in [0.4, 0.5) is 0 Å². The van der Waals surface area contributed by atoms with Crippen LogP contribution in [-0.2, 0) is 4.79 Å². The molecule has 0 fully saturated rings. The van der Waals surface area contributed by atoms with Crippen LogP contribution in [-0.4, -0.2) is 18.3 Å². The number of benzene rings is 2. The second-order valence-corrected chi connectivity index (χ2v) is 6.90. The molecule has 0 aliphatic rings. The number of ketones is 1. The molecule has 0 aromatic heterocycles. The van der Waals surface area contributed by atoms with Crippen molar-refractivity contribution in [3.8, 4) is 0 Å². The van der Waals surface area contributed by atoms with E-state index in [9.17, 15) is 4.79 Å². The van der Waals surface area contributed by atoms with Crippen LogP contribution >= 0.6 is 35.1 Å². The Balaban J connectivity index is 2.28. The molecule has 0 aliphatic carbocycles. The molecule has 1 unspecified atom stereocenters. The summed E-state index contributed by atoms with van der Waals surface area (Å²) in [5.74, 6) is 4.98. The van der Waals surface area contributed by atoms with Crippen molar-refractivity contribution in [2.24, 2.45) is 10.9 Å². The number of Topliss-reactive ketones (excluding diaryl/α,β-unsaturated/α-hetero) is 1. The number of nitrogens with zero attached hydrogens (tertiary/aromatic N) is 1. The normalized spacial score (nSPS) is 12.5. The first kappa shape index (κ1) is 16.9. The monoisotopic (exact) mass is 350 g/mol. The van der Waals surface area contributed by atoms with Crippen LogP contribution in [0.1, 0.15) is 10.8 Å². The van der Waals surface area contributed by atoms with E-state index in [2.05, 4.69) is 5.10 Å². The van der Waals surface area contributed by atoms with Gasteiger partial charge in [-0.3, -0.25) is 4.79 Å². The number of hydrogen-bond donors (Lipinski definition) is 1. The third kappa shape index (κ3) is 4.53. The van der Waals surface area contributed by atoms with Crippen LogP contribution in [0.2, 0.25) is 5.02 Å². The molecule has 0 amide bonds. The Morgan fingerprint density at radius 1 is 1.14 bits per heavy atom. The zero-order valence-corrected chi connectivity index (χ0v) is 14.3. The molecule has 3 nitrogen and oxygen atoms in total. The highest BCUT2D eigenvalue weighted by molar-refractivity contribution is 8.00. The second-order valence-electron chi connectivity index (χ2n) is 4.41. The lowest BCUT2D eigenvalue weighted by Gasteiger charge is -2.14. The SMILES string of the molecule is CSc1ccc(C(Sc2ccc(Cl)cc2)C(=O)C=NN)cc1. The van der Waals surface area contributed by atoms with Crippen LogP contribution in [0, 0.1) is 0 Å². The molecule has 0 saturated carbocycles. The average molecular weight is 351 g/mol. The maximum absolute atomic E-state index is 12.3. The van der Waals surface area contributed by atoms with E-state index < -0.39 is 0 Å². The number of hydrazone groups is 1. The summed E-state index contributed by atoms with van der Waals surface area (Å²) in [4.78, 5) is 14.4. The van der Waals surface area contributed by atoms with E-state index in [0.29, 0.717) is 5.02 Å². The largest absolute Gasteiger partial charge is 0.323 e. The Labute approximate surface area is 143 Å². The van der Waals surface area contributed by atoms with Crippen molar-refractivity contribution < 1.29 is 4.79 Å². The van der Waals surface area contributed by atoms with Gasteiger partial charge >= 0.3 is 0 Å².